The Bertz CT molecular complexity index is 1340. The van der Waals surface area contributed by atoms with Gasteiger partial charge < -0.3 is 9.47 Å². The fourth-order valence-electron chi connectivity index (χ4n) is 4.29. The first-order valence-electron chi connectivity index (χ1n) is 11.2. The molecule has 2 atom stereocenters. The smallest absolute Gasteiger partial charge is 0.337 e. The maximum atomic E-state index is 13.6. The second-order valence-corrected chi connectivity index (χ2v) is 11.8. The second kappa shape index (κ2) is 10.9. The molecule has 0 aliphatic carbocycles. The monoisotopic (exact) mass is 513 g/mol. The number of fused-ring (bicyclic) bond motifs is 1. The van der Waals surface area contributed by atoms with Gasteiger partial charge in [-0.3, -0.25) is 4.79 Å². The molecule has 0 aromatic heterocycles. The van der Waals surface area contributed by atoms with Gasteiger partial charge in [0.15, 0.2) is 5.12 Å². The molecular weight excluding hydrogens is 486 g/mol. The first-order valence-corrected chi connectivity index (χ1v) is 13.5. The van der Waals surface area contributed by atoms with E-state index in [2.05, 4.69) is 0 Å². The number of ether oxygens (including phenoxy) is 2. The van der Waals surface area contributed by atoms with E-state index in [0.717, 1.165) is 16.3 Å². The summed E-state index contributed by atoms with van der Waals surface area (Å²) in [5.74, 6) is -0.431. The van der Waals surface area contributed by atoms with Crippen molar-refractivity contribution in [1.29, 1.82) is 0 Å². The van der Waals surface area contributed by atoms with E-state index in [1.807, 2.05) is 30.3 Å². The number of sulfonamides is 1. The molecule has 4 rings (SSSR count). The topological polar surface area (TPSA) is 90.0 Å². The van der Waals surface area contributed by atoms with Gasteiger partial charge in [-0.15, -0.1) is 0 Å². The number of carbonyl (C=O) groups is 2. The number of hydrogen-bond acceptors (Lipinski definition) is 7. The lowest BCUT2D eigenvalue weighted by molar-refractivity contribution is -0.109. The molecule has 3 aromatic carbocycles. The highest BCUT2D eigenvalue weighted by Crippen LogP contribution is 2.33. The molecule has 1 aliphatic rings. The van der Waals surface area contributed by atoms with Crippen LogP contribution in [0.2, 0.25) is 0 Å². The van der Waals surface area contributed by atoms with E-state index >= 15 is 0 Å². The Hall–Kier alpha value is -2.72. The minimum absolute atomic E-state index is 0.0424. The summed E-state index contributed by atoms with van der Waals surface area (Å²) >= 11 is 1.17. The number of rotatable bonds is 8. The van der Waals surface area contributed by atoms with Crippen LogP contribution in [0.1, 0.15) is 29.3 Å². The van der Waals surface area contributed by atoms with Gasteiger partial charge in [0.05, 0.1) is 30.8 Å². The van der Waals surface area contributed by atoms with Crippen molar-refractivity contribution < 1.29 is 27.5 Å². The third kappa shape index (κ3) is 5.92. The molecule has 7 nitrogen and oxygen atoms in total. The van der Waals surface area contributed by atoms with Gasteiger partial charge in [-0.25, -0.2) is 13.2 Å². The van der Waals surface area contributed by atoms with Crippen molar-refractivity contribution in [2.75, 3.05) is 20.3 Å². The molecule has 3 aromatic rings. The highest BCUT2D eigenvalue weighted by molar-refractivity contribution is 8.14. The van der Waals surface area contributed by atoms with E-state index in [4.69, 9.17) is 9.47 Å². The summed E-state index contributed by atoms with van der Waals surface area (Å²) in [4.78, 5) is 23.7. The highest BCUT2D eigenvalue weighted by Gasteiger charge is 2.41. The van der Waals surface area contributed by atoms with E-state index in [1.165, 1.54) is 30.1 Å². The van der Waals surface area contributed by atoms with Crippen LogP contribution in [0.3, 0.4) is 0 Å². The average molecular weight is 514 g/mol. The third-order valence-electron chi connectivity index (χ3n) is 5.91. The van der Waals surface area contributed by atoms with Crippen LogP contribution in [0.15, 0.2) is 71.6 Å². The second-order valence-electron chi connectivity index (χ2n) is 8.41. The van der Waals surface area contributed by atoms with Crippen LogP contribution >= 0.6 is 11.8 Å². The van der Waals surface area contributed by atoms with Gasteiger partial charge in [-0.1, -0.05) is 54.2 Å². The number of nitrogens with zero attached hydrogens (tertiary/aromatic N) is 1. The predicted octanol–water partition coefficient (Wildman–Crippen LogP) is 4.25. The summed E-state index contributed by atoms with van der Waals surface area (Å²) in [7, 11) is -2.47. The molecule has 1 aliphatic heterocycles. The molecule has 35 heavy (non-hydrogen) atoms. The maximum Gasteiger partial charge on any atom is 0.337 e. The normalized spacial score (nSPS) is 18.6. The lowest BCUT2D eigenvalue weighted by atomic mass is 10.1. The van der Waals surface area contributed by atoms with Crippen LogP contribution in [0.25, 0.3) is 10.8 Å². The fraction of sp³-hybridized carbons (Fsp3) is 0.308. The molecule has 1 saturated heterocycles. The number of thioether (sulfide) groups is 1. The van der Waals surface area contributed by atoms with Crippen molar-refractivity contribution in [1.82, 2.24) is 4.31 Å². The van der Waals surface area contributed by atoms with Gasteiger partial charge in [0.25, 0.3) is 0 Å². The van der Waals surface area contributed by atoms with Crippen molar-refractivity contribution in [3.8, 4) is 0 Å². The number of methoxy groups -OCH3 is 1. The van der Waals surface area contributed by atoms with Crippen LogP contribution in [-0.4, -0.2) is 55.4 Å². The molecule has 0 bridgehead atoms. The molecule has 0 radical (unpaired) electrons. The molecule has 0 amide bonds. The zero-order valence-corrected chi connectivity index (χ0v) is 21.2. The molecule has 1 heterocycles. The van der Waals surface area contributed by atoms with Crippen LogP contribution < -0.4 is 0 Å². The number of hydrogen-bond donors (Lipinski definition) is 0. The Morgan fingerprint density at radius 1 is 1.03 bits per heavy atom. The van der Waals surface area contributed by atoms with Crippen molar-refractivity contribution in [2.24, 2.45) is 0 Å². The molecule has 0 N–H and O–H groups in total. The summed E-state index contributed by atoms with van der Waals surface area (Å²) in [6, 6.07) is 19.2. The first kappa shape index (κ1) is 25.4. The standard InChI is InChI=1S/C26H27NO6S2/c1-18(28)34-24-14-23(17-33-16-19-6-5-9-22(12-19)26(29)32-2)27(15-24)35(30,31)25-11-10-20-7-3-4-8-21(20)13-25/h3-13,23-24H,14-17H2,1-2H3/t23-,24+/m0/s1. The molecule has 0 spiro atoms. The largest absolute Gasteiger partial charge is 0.465 e. The summed E-state index contributed by atoms with van der Waals surface area (Å²) in [5.41, 5.74) is 1.21. The van der Waals surface area contributed by atoms with Crippen LogP contribution in [0.4, 0.5) is 0 Å². The van der Waals surface area contributed by atoms with Gasteiger partial charge in [-0.2, -0.15) is 4.31 Å². The van der Waals surface area contributed by atoms with E-state index in [9.17, 15) is 18.0 Å². The zero-order valence-electron chi connectivity index (χ0n) is 19.5. The maximum absolute atomic E-state index is 13.6. The van der Waals surface area contributed by atoms with Gasteiger partial charge in [0, 0.05) is 24.8 Å². The molecule has 0 unspecified atom stereocenters. The Balaban J connectivity index is 1.52. The SMILES string of the molecule is COC(=O)c1cccc(COC[C@@H]2C[C@@H](SC(C)=O)CN2S(=O)(=O)c2ccc3ccccc3c2)c1. The Morgan fingerprint density at radius 2 is 1.80 bits per heavy atom. The average Bonchev–Trinajstić information content (AvgIpc) is 3.26. The zero-order chi connectivity index (χ0) is 25.0. The Kier molecular flexibility index (Phi) is 7.91. The minimum atomic E-state index is -3.80. The first-order chi connectivity index (χ1) is 16.8. The van der Waals surface area contributed by atoms with Gasteiger partial charge >= 0.3 is 5.97 Å². The molecule has 0 saturated carbocycles. The van der Waals surface area contributed by atoms with E-state index < -0.39 is 22.0 Å². The minimum Gasteiger partial charge on any atom is -0.465 e. The number of benzene rings is 3. The van der Waals surface area contributed by atoms with Gasteiger partial charge in [0.1, 0.15) is 0 Å². The summed E-state index contributed by atoms with van der Waals surface area (Å²) in [6.07, 6.45) is 0.513. The van der Waals surface area contributed by atoms with E-state index in [1.54, 1.807) is 36.4 Å². The van der Waals surface area contributed by atoms with Crippen molar-refractivity contribution >= 4 is 43.6 Å². The number of carbonyl (C=O) groups excluding carboxylic acids is 2. The lowest BCUT2D eigenvalue weighted by Gasteiger charge is -2.24. The van der Waals surface area contributed by atoms with Gasteiger partial charge in [0.2, 0.25) is 10.0 Å². The predicted molar refractivity (Wildman–Crippen MR) is 136 cm³/mol. The van der Waals surface area contributed by atoms with Gasteiger partial charge in [-0.05, 0) is 47.0 Å². The number of esters is 1. The van der Waals surface area contributed by atoms with E-state index in [-0.39, 0.29) is 35.0 Å². The lowest BCUT2D eigenvalue weighted by Crippen LogP contribution is -2.38. The molecule has 184 valence electrons. The molecule has 9 heteroatoms. The summed E-state index contributed by atoms with van der Waals surface area (Å²) in [6.45, 7) is 2.12. The highest BCUT2D eigenvalue weighted by atomic mass is 32.2. The van der Waals surface area contributed by atoms with E-state index in [0.29, 0.717) is 12.0 Å². The Labute approximate surface area is 209 Å². The third-order valence-corrected chi connectivity index (χ3v) is 8.83. The van der Waals surface area contributed by atoms with Crippen LogP contribution in [-0.2, 0) is 30.9 Å². The van der Waals surface area contributed by atoms with Crippen molar-refractivity contribution in [2.45, 2.75) is 36.1 Å². The summed E-state index contributed by atoms with van der Waals surface area (Å²) < 4.78 is 39.4. The van der Waals surface area contributed by atoms with Crippen LogP contribution in [0.5, 0.6) is 0 Å². The molecular formula is C26H27NO6S2. The fourth-order valence-corrected chi connectivity index (χ4v) is 7.11. The quantitative estimate of drug-likeness (QED) is 0.416. The Morgan fingerprint density at radius 3 is 2.54 bits per heavy atom. The molecule has 1 fully saturated rings. The van der Waals surface area contributed by atoms with Crippen molar-refractivity contribution in [3.63, 3.8) is 0 Å². The van der Waals surface area contributed by atoms with Crippen LogP contribution in [0, 0.1) is 0 Å². The van der Waals surface area contributed by atoms with Crippen molar-refractivity contribution in [3.05, 3.63) is 77.9 Å². The summed E-state index contributed by atoms with van der Waals surface area (Å²) in [5, 5.41) is 1.63.